The predicted octanol–water partition coefficient (Wildman–Crippen LogP) is 6.31. The standard InChI is InChI=1S/C34H37N3O3/c1-21-14-16-22(17-15-21)29(30-32(39)25-11-7-9-13-27(25)37(5)33(30)40)31-24(23-10-6-8-12-26(23)36-31)18-19-35-28(38)20-34(2,3)4/h6-17,29,36,39H,18-20H2,1-5H3,(H,35,38). The summed E-state index contributed by atoms with van der Waals surface area (Å²) >= 11 is 0. The smallest absolute Gasteiger partial charge is 0.258 e. The van der Waals surface area contributed by atoms with Crippen molar-refractivity contribution in [1.29, 1.82) is 0 Å². The van der Waals surface area contributed by atoms with Gasteiger partial charge in [-0.2, -0.15) is 0 Å². The molecule has 1 amide bonds. The fourth-order valence-electron chi connectivity index (χ4n) is 5.61. The molecule has 2 aromatic heterocycles. The summed E-state index contributed by atoms with van der Waals surface area (Å²) < 4.78 is 1.61. The van der Waals surface area contributed by atoms with Crippen molar-refractivity contribution in [2.45, 2.75) is 46.5 Å². The van der Waals surface area contributed by atoms with Crippen molar-refractivity contribution in [3.8, 4) is 5.75 Å². The zero-order chi connectivity index (χ0) is 28.6. The van der Waals surface area contributed by atoms with Crippen LogP contribution in [0.1, 0.15) is 61.1 Å². The Kier molecular flexibility index (Phi) is 7.28. The fourth-order valence-corrected chi connectivity index (χ4v) is 5.61. The summed E-state index contributed by atoms with van der Waals surface area (Å²) in [5, 5.41) is 16.4. The first-order valence-corrected chi connectivity index (χ1v) is 13.8. The fraction of sp³-hybridized carbons (Fsp3) is 0.294. The predicted molar refractivity (Wildman–Crippen MR) is 162 cm³/mol. The van der Waals surface area contributed by atoms with Gasteiger partial charge in [0.2, 0.25) is 5.91 Å². The maximum Gasteiger partial charge on any atom is 0.258 e. The number of fused-ring (bicyclic) bond motifs is 2. The average Bonchev–Trinajstić information content (AvgIpc) is 3.27. The van der Waals surface area contributed by atoms with Gasteiger partial charge in [-0.05, 0) is 48.1 Å². The second kappa shape index (κ2) is 10.7. The first-order chi connectivity index (χ1) is 19.0. The topological polar surface area (TPSA) is 87.1 Å². The summed E-state index contributed by atoms with van der Waals surface area (Å²) in [6.45, 7) is 8.64. The van der Waals surface area contributed by atoms with Gasteiger partial charge in [0.05, 0.1) is 17.0 Å². The molecule has 0 radical (unpaired) electrons. The van der Waals surface area contributed by atoms with E-state index >= 15 is 0 Å². The number of benzene rings is 3. The molecular weight excluding hydrogens is 498 g/mol. The maximum atomic E-state index is 14.0. The quantitative estimate of drug-likeness (QED) is 0.228. The molecule has 0 aliphatic rings. The number of nitrogens with one attached hydrogen (secondary N) is 2. The van der Waals surface area contributed by atoms with Crippen LogP contribution < -0.4 is 10.9 Å². The van der Waals surface area contributed by atoms with Crippen LogP contribution in [-0.4, -0.2) is 27.1 Å². The summed E-state index contributed by atoms with van der Waals surface area (Å²) in [7, 11) is 1.75. The molecule has 0 saturated heterocycles. The molecule has 1 atom stereocenters. The highest BCUT2D eigenvalue weighted by molar-refractivity contribution is 5.88. The molecule has 6 heteroatoms. The van der Waals surface area contributed by atoms with Gasteiger partial charge >= 0.3 is 0 Å². The van der Waals surface area contributed by atoms with E-state index in [0.717, 1.165) is 33.3 Å². The minimum atomic E-state index is -0.545. The molecule has 1 unspecified atom stereocenters. The van der Waals surface area contributed by atoms with Crippen LogP contribution in [-0.2, 0) is 18.3 Å². The van der Waals surface area contributed by atoms with Crippen molar-refractivity contribution >= 4 is 27.7 Å². The summed E-state index contributed by atoms with van der Waals surface area (Å²) in [6.07, 6.45) is 1.02. The lowest BCUT2D eigenvalue weighted by molar-refractivity contribution is -0.122. The number of para-hydroxylation sites is 2. The number of amides is 1. The van der Waals surface area contributed by atoms with Crippen LogP contribution in [0.25, 0.3) is 21.8 Å². The van der Waals surface area contributed by atoms with Gasteiger partial charge in [-0.25, -0.2) is 0 Å². The van der Waals surface area contributed by atoms with Crippen LogP contribution in [0.2, 0.25) is 0 Å². The Morgan fingerprint density at radius 1 is 0.975 bits per heavy atom. The molecule has 0 aliphatic heterocycles. The Morgan fingerprint density at radius 3 is 2.33 bits per heavy atom. The highest BCUT2D eigenvalue weighted by Crippen LogP contribution is 2.41. The monoisotopic (exact) mass is 535 g/mol. The minimum absolute atomic E-state index is 0.00707. The number of aromatic hydroxyl groups is 1. The molecule has 206 valence electrons. The summed E-state index contributed by atoms with van der Waals surface area (Å²) in [6, 6.07) is 23.6. The highest BCUT2D eigenvalue weighted by Gasteiger charge is 2.30. The normalized spacial score (nSPS) is 12.6. The molecule has 0 bridgehead atoms. The van der Waals surface area contributed by atoms with Crippen LogP contribution in [0.5, 0.6) is 5.75 Å². The SMILES string of the molecule is Cc1ccc(C(c2[nH]c3ccccc3c2CCNC(=O)CC(C)(C)C)c2c(O)c3ccccc3n(C)c2=O)cc1. The zero-order valence-corrected chi connectivity index (χ0v) is 23.8. The van der Waals surface area contributed by atoms with E-state index in [1.54, 1.807) is 11.6 Å². The van der Waals surface area contributed by atoms with Crippen LogP contribution in [0.3, 0.4) is 0 Å². The lowest BCUT2D eigenvalue weighted by Gasteiger charge is -2.22. The first-order valence-electron chi connectivity index (χ1n) is 13.8. The van der Waals surface area contributed by atoms with Crippen molar-refractivity contribution in [2.24, 2.45) is 12.5 Å². The molecule has 0 fully saturated rings. The highest BCUT2D eigenvalue weighted by atomic mass is 16.3. The van der Waals surface area contributed by atoms with E-state index in [1.165, 1.54) is 0 Å². The van der Waals surface area contributed by atoms with E-state index in [4.69, 9.17) is 0 Å². The maximum absolute atomic E-state index is 14.0. The van der Waals surface area contributed by atoms with E-state index in [9.17, 15) is 14.7 Å². The number of hydrogen-bond donors (Lipinski definition) is 3. The van der Waals surface area contributed by atoms with Gasteiger partial charge in [-0.15, -0.1) is 0 Å². The summed E-state index contributed by atoms with van der Waals surface area (Å²) in [4.78, 5) is 30.2. The number of pyridine rings is 1. The van der Waals surface area contributed by atoms with Crippen molar-refractivity contribution < 1.29 is 9.90 Å². The van der Waals surface area contributed by atoms with E-state index in [0.29, 0.717) is 35.9 Å². The lowest BCUT2D eigenvalue weighted by atomic mass is 9.84. The van der Waals surface area contributed by atoms with Crippen molar-refractivity contribution in [2.75, 3.05) is 6.54 Å². The minimum Gasteiger partial charge on any atom is -0.507 e. The van der Waals surface area contributed by atoms with Crippen LogP contribution in [0.4, 0.5) is 0 Å². The van der Waals surface area contributed by atoms with Crippen LogP contribution in [0, 0.1) is 12.3 Å². The Hall–Kier alpha value is -4.32. The van der Waals surface area contributed by atoms with Gasteiger partial charge in [-0.1, -0.05) is 80.9 Å². The average molecular weight is 536 g/mol. The number of aromatic nitrogens is 2. The second-order valence-electron chi connectivity index (χ2n) is 11.9. The van der Waals surface area contributed by atoms with E-state index in [1.807, 2.05) is 94.4 Å². The third-order valence-electron chi connectivity index (χ3n) is 7.53. The molecule has 0 aliphatic carbocycles. The Bertz CT molecular complexity index is 1750. The number of H-pyrrole nitrogens is 1. The number of rotatable bonds is 7. The van der Waals surface area contributed by atoms with E-state index in [-0.39, 0.29) is 22.6 Å². The van der Waals surface area contributed by atoms with E-state index in [2.05, 4.69) is 16.4 Å². The molecule has 5 aromatic rings. The second-order valence-corrected chi connectivity index (χ2v) is 11.9. The number of hydrogen-bond acceptors (Lipinski definition) is 3. The van der Waals surface area contributed by atoms with Crippen LogP contribution in [0.15, 0.2) is 77.6 Å². The molecule has 6 nitrogen and oxygen atoms in total. The van der Waals surface area contributed by atoms with Gasteiger partial charge < -0.3 is 20.0 Å². The molecule has 5 rings (SSSR count). The lowest BCUT2D eigenvalue weighted by Crippen LogP contribution is -2.29. The number of nitrogens with zero attached hydrogens (tertiary/aromatic N) is 1. The van der Waals surface area contributed by atoms with Crippen LogP contribution >= 0.6 is 0 Å². The summed E-state index contributed by atoms with van der Waals surface area (Å²) in [5.74, 6) is -0.533. The van der Waals surface area contributed by atoms with Crippen molar-refractivity contribution in [1.82, 2.24) is 14.9 Å². The van der Waals surface area contributed by atoms with Gasteiger partial charge in [0.1, 0.15) is 5.75 Å². The molecule has 40 heavy (non-hydrogen) atoms. The Morgan fingerprint density at radius 2 is 1.62 bits per heavy atom. The molecule has 3 aromatic carbocycles. The Balaban J connectivity index is 1.70. The van der Waals surface area contributed by atoms with Gasteiger partial charge in [0.15, 0.2) is 0 Å². The molecule has 0 spiro atoms. The molecule has 0 saturated carbocycles. The molecule has 2 heterocycles. The van der Waals surface area contributed by atoms with Gasteiger partial charge in [-0.3, -0.25) is 9.59 Å². The Labute approximate surface area is 234 Å². The van der Waals surface area contributed by atoms with Crippen molar-refractivity contribution in [3.63, 3.8) is 0 Å². The summed E-state index contributed by atoms with van der Waals surface area (Å²) in [5.41, 5.74) is 5.48. The zero-order valence-electron chi connectivity index (χ0n) is 23.8. The van der Waals surface area contributed by atoms with Gasteiger partial charge in [0, 0.05) is 42.0 Å². The molecule has 3 N–H and O–H groups in total. The third kappa shape index (κ3) is 5.26. The number of aromatic amines is 1. The largest absolute Gasteiger partial charge is 0.507 e. The third-order valence-corrected chi connectivity index (χ3v) is 7.53. The number of carbonyl (C=O) groups excluding carboxylic acids is 1. The molecular formula is C34H37N3O3. The number of aryl methyl sites for hydroxylation is 2. The van der Waals surface area contributed by atoms with Gasteiger partial charge in [0.25, 0.3) is 5.56 Å². The number of carbonyl (C=O) groups is 1. The van der Waals surface area contributed by atoms with Crippen molar-refractivity contribution in [3.05, 3.63) is 111 Å². The van der Waals surface area contributed by atoms with E-state index < -0.39 is 5.92 Å². The first kappa shape index (κ1) is 27.3.